The van der Waals surface area contributed by atoms with Crippen molar-refractivity contribution < 1.29 is 4.42 Å². The van der Waals surface area contributed by atoms with Crippen LogP contribution in [-0.4, -0.2) is 14.6 Å². The maximum absolute atomic E-state index is 5.79. The molecule has 0 saturated carbocycles. The summed E-state index contributed by atoms with van der Waals surface area (Å²) in [6.45, 7) is 7.01. The number of aryl methyl sites for hydroxylation is 1. The van der Waals surface area contributed by atoms with Crippen LogP contribution >= 0.6 is 0 Å². The van der Waals surface area contributed by atoms with Crippen molar-refractivity contribution in [2.24, 2.45) is 11.3 Å². The van der Waals surface area contributed by atoms with Crippen LogP contribution in [0.3, 0.4) is 0 Å². The van der Waals surface area contributed by atoms with E-state index in [1.807, 2.05) is 24.4 Å². The zero-order valence-electron chi connectivity index (χ0n) is 16.6. The molecule has 4 aromatic rings. The molecule has 5 rings (SSSR count). The molecule has 1 aliphatic carbocycles. The average molecular weight is 371 g/mol. The van der Waals surface area contributed by atoms with Crippen molar-refractivity contribution in [1.82, 2.24) is 14.6 Å². The third-order valence-electron chi connectivity index (χ3n) is 6.10. The Morgan fingerprint density at radius 1 is 1.07 bits per heavy atom. The lowest BCUT2D eigenvalue weighted by molar-refractivity contribution is 0.214. The average Bonchev–Trinajstić information content (AvgIpc) is 3.37. The normalized spacial score (nSPS) is 17.0. The Labute approximate surface area is 165 Å². The first-order valence-electron chi connectivity index (χ1n) is 10.0. The van der Waals surface area contributed by atoms with E-state index >= 15 is 0 Å². The quantitative estimate of drug-likeness (QED) is 0.447. The summed E-state index contributed by atoms with van der Waals surface area (Å²) in [7, 11) is 0. The van der Waals surface area contributed by atoms with Crippen LogP contribution in [0.2, 0.25) is 0 Å². The third kappa shape index (κ3) is 2.75. The maximum Gasteiger partial charge on any atom is 0.163 e. The van der Waals surface area contributed by atoms with Gasteiger partial charge in [-0.25, -0.2) is 9.50 Å². The first kappa shape index (κ1) is 17.2. The Hall–Kier alpha value is -2.88. The number of benzene rings is 1. The molecule has 0 aliphatic heterocycles. The Balaban J connectivity index is 1.75. The number of furan rings is 1. The van der Waals surface area contributed by atoms with Gasteiger partial charge in [-0.3, -0.25) is 0 Å². The predicted molar refractivity (Wildman–Crippen MR) is 111 cm³/mol. The van der Waals surface area contributed by atoms with Gasteiger partial charge in [0, 0.05) is 16.8 Å². The second-order valence-electron chi connectivity index (χ2n) is 8.83. The summed E-state index contributed by atoms with van der Waals surface area (Å²) in [5.41, 5.74) is 6.92. The van der Waals surface area contributed by atoms with Crippen molar-refractivity contribution in [3.8, 4) is 22.6 Å². The van der Waals surface area contributed by atoms with E-state index in [0.717, 1.165) is 41.1 Å². The fourth-order valence-electron chi connectivity index (χ4n) is 4.39. The van der Waals surface area contributed by atoms with Gasteiger partial charge in [-0.15, -0.1) is 0 Å². The molecule has 1 aromatic carbocycles. The van der Waals surface area contributed by atoms with Crippen LogP contribution in [0.5, 0.6) is 0 Å². The molecule has 0 bridgehead atoms. The van der Waals surface area contributed by atoms with Gasteiger partial charge < -0.3 is 4.42 Å². The number of aromatic nitrogens is 3. The fourth-order valence-corrected chi connectivity index (χ4v) is 4.39. The molecular weight excluding hydrogens is 346 g/mol. The minimum atomic E-state index is 0.270. The monoisotopic (exact) mass is 371 g/mol. The zero-order chi connectivity index (χ0) is 19.3. The lowest BCUT2D eigenvalue weighted by Gasteiger charge is -2.35. The van der Waals surface area contributed by atoms with Gasteiger partial charge in [0.1, 0.15) is 5.69 Å². The summed E-state index contributed by atoms with van der Waals surface area (Å²) in [6, 6.07) is 14.3. The van der Waals surface area contributed by atoms with Crippen LogP contribution in [0, 0.1) is 11.3 Å². The van der Waals surface area contributed by atoms with Crippen LogP contribution in [0.15, 0.2) is 59.3 Å². The number of hydrogen-bond donors (Lipinski definition) is 0. The summed E-state index contributed by atoms with van der Waals surface area (Å²) < 4.78 is 7.84. The van der Waals surface area contributed by atoms with Crippen LogP contribution in [0.25, 0.3) is 28.2 Å². The molecule has 3 aromatic heterocycles. The van der Waals surface area contributed by atoms with E-state index in [-0.39, 0.29) is 5.41 Å². The third-order valence-corrected chi connectivity index (χ3v) is 6.10. The van der Waals surface area contributed by atoms with E-state index < -0.39 is 0 Å². The first-order valence-corrected chi connectivity index (χ1v) is 10.0. The van der Waals surface area contributed by atoms with E-state index in [0.29, 0.717) is 5.92 Å². The van der Waals surface area contributed by atoms with Crippen molar-refractivity contribution in [3.63, 3.8) is 0 Å². The maximum atomic E-state index is 5.79. The second kappa shape index (κ2) is 6.33. The SMILES string of the molecule is CC(C)(C)[C@@H]1CCc2c(c(-c3ccco3)nc3c(-c4ccccc4)cnn23)C1. The highest BCUT2D eigenvalue weighted by molar-refractivity contribution is 5.79. The van der Waals surface area contributed by atoms with Gasteiger partial charge in [0.05, 0.1) is 12.5 Å². The van der Waals surface area contributed by atoms with E-state index in [1.165, 1.54) is 17.7 Å². The van der Waals surface area contributed by atoms with Gasteiger partial charge in [-0.05, 0) is 48.3 Å². The molecule has 0 amide bonds. The van der Waals surface area contributed by atoms with Crippen molar-refractivity contribution in [3.05, 3.63) is 66.2 Å². The molecule has 0 fully saturated rings. The van der Waals surface area contributed by atoms with E-state index in [2.05, 4.69) is 49.6 Å². The highest BCUT2D eigenvalue weighted by Gasteiger charge is 2.33. The van der Waals surface area contributed by atoms with Gasteiger partial charge in [0.2, 0.25) is 0 Å². The van der Waals surface area contributed by atoms with Gasteiger partial charge in [-0.2, -0.15) is 5.10 Å². The summed E-state index contributed by atoms with van der Waals surface area (Å²) in [5.74, 6) is 1.46. The summed E-state index contributed by atoms with van der Waals surface area (Å²) in [5, 5.41) is 4.74. The molecule has 1 atom stereocenters. The van der Waals surface area contributed by atoms with Gasteiger partial charge >= 0.3 is 0 Å². The largest absolute Gasteiger partial charge is 0.463 e. The molecular formula is C24H25N3O. The zero-order valence-corrected chi connectivity index (χ0v) is 16.6. The van der Waals surface area contributed by atoms with Crippen LogP contribution in [0.1, 0.15) is 38.4 Å². The molecule has 4 nitrogen and oxygen atoms in total. The Morgan fingerprint density at radius 2 is 1.89 bits per heavy atom. The molecule has 0 spiro atoms. The van der Waals surface area contributed by atoms with Gasteiger partial charge in [-0.1, -0.05) is 51.1 Å². The smallest absolute Gasteiger partial charge is 0.163 e. The predicted octanol–water partition coefficient (Wildman–Crippen LogP) is 5.81. The van der Waals surface area contributed by atoms with Crippen molar-refractivity contribution in [1.29, 1.82) is 0 Å². The molecule has 28 heavy (non-hydrogen) atoms. The fraction of sp³-hybridized carbons (Fsp3) is 0.333. The lowest BCUT2D eigenvalue weighted by atomic mass is 9.71. The minimum Gasteiger partial charge on any atom is -0.463 e. The van der Waals surface area contributed by atoms with E-state index in [9.17, 15) is 0 Å². The molecule has 0 radical (unpaired) electrons. The standard InChI is InChI=1S/C24H25N3O/c1-24(2,3)17-11-12-20-18(14-17)22(21-10-7-13-28-21)26-23-19(15-25-27(20)23)16-8-5-4-6-9-16/h4-10,13,15,17H,11-12,14H2,1-3H3/t17-/m1/s1. The molecule has 0 unspecified atom stereocenters. The molecule has 0 saturated heterocycles. The van der Waals surface area contributed by atoms with Gasteiger partial charge in [0.15, 0.2) is 11.4 Å². The molecule has 4 heteroatoms. The lowest BCUT2D eigenvalue weighted by Crippen LogP contribution is -2.29. The molecule has 0 N–H and O–H groups in total. The molecule has 3 heterocycles. The Morgan fingerprint density at radius 3 is 2.61 bits per heavy atom. The highest BCUT2D eigenvalue weighted by Crippen LogP contribution is 2.41. The Bertz CT molecular complexity index is 1120. The first-order chi connectivity index (χ1) is 13.5. The molecule has 142 valence electrons. The van der Waals surface area contributed by atoms with Crippen LogP contribution in [0.4, 0.5) is 0 Å². The minimum absolute atomic E-state index is 0.270. The summed E-state index contributed by atoms with van der Waals surface area (Å²) in [4.78, 5) is 5.09. The topological polar surface area (TPSA) is 43.3 Å². The van der Waals surface area contributed by atoms with Crippen molar-refractivity contribution in [2.75, 3.05) is 0 Å². The number of nitrogens with zero attached hydrogens (tertiary/aromatic N) is 3. The van der Waals surface area contributed by atoms with E-state index in [1.54, 1.807) is 6.26 Å². The van der Waals surface area contributed by atoms with Crippen molar-refractivity contribution in [2.45, 2.75) is 40.0 Å². The van der Waals surface area contributed by atoms with E-state index in [4.69, 9.17) is 14.5 Å². The highest BCUT2D eigenvalue weighted by atomic mass is 16.3. The summed E-state index contributed by atoms with van der Waals surface area (Å²) >= 11 is 0. The van der Waals surface area contributed by atoms with Crippen LogP contribution in [-0.2, 0) is 12.8 Å². The summed E-state index contributed by atoms with van der Waals surface area (Å²) in [6.07, 6.45) is 6.87. The Kier molecular flexibility index (Phi) is 3.90. The number of rotatable bonds is 2. The van der Waals surface area contributed by atoms with Crippen molar-refractivity contribution >= 4 is 5.65 Å². The molecule has 1 aliphatic rings. The second-order valence-corrected chi connectivity index (χ2v) is 8.83. The van der Waals surface area contributed by atoms with Gasteiger partial charge in [0.25, 0.3) is 0 Å². The number of fused-ring (bicyclic) bond motifs is 3. The number of hydrogen-bond acceptors (Lipinski definition) is 3. The van der Waals surface area contributed by atoms with Crippen LogP contribution < -0.4 is 0 Å².